The summed E-state index contributed by atoms with van der Waals surface area (Å²) in [6.45, 7) is 8.12. The van der Waals surface area contributed by atoms with Crippen LogP contribution in [0.5, 0.6) is 5.75 Å². The molecule has 5 rings (SSSR count). The van der Waals surface area contributed by atoms with Crippen LogP contribution in [0, 0.1) is 13.8 Å². The molecule has 8 nitrogen and oxygen atoms in total. The molecule has 3 aromatic rings. The Bertz CT molecular complexity index is 1370. The van der Waals surface area contributed by atoms with Gasteiger partial charge in [0.2, 0.25) is 0 Å². The van der Waals surface area contributed by atoms with Gasteiger partial charge in [-0.25, -0.2) is 4.98 Å². The lowest BCUT2D eigenvalue weighted by Gasteiger charge is -2.27. The number of anilines is 1. The fourth-order valence-corrected chi connectivity index (χ4v) is 5.82. The third-order valence-corrected chi connectivity index (χ3v) is 8.07. The van der Waals surface area contributed by atoms with Crippen LogP contribution in [0.4, 0.5) is 5.69 Å². The Morgan fingerprint density at radius 3 is 2.68 bits per heavy atom. The predicted molar refractivity (Wildman–Crippen MR) is 132 cm³/mol. The van der Waals surface area contributed by atoms with Crippen molar-refractivity contribution in [2.24, 2.45) is 0 Å². The molecule has 34 heavy (non-hydrogen) atoms. The molecule has 1 aromatic carbocycles. The Kier molecular flexibility index (Phi) is 5.77. The summed E-state index contributed by atoms with van der Waals surface area (Å²) in [5, 5.41) is 0.594. The first-order valence-electron chi connectivity index (χ1n) is 11.6. The number of nitrogens with zero attached hydrogens (tertiary/aromatic N) is 4. The number of Topliss-reactive ketones (excluding diaryl/α,β-unsaturated/α-hetero) is 1. The summed E-state index contributed by atoms with van der Waals surface area (Å²) in [4.78, 5) is 49.9. The molecule has 1 saturated heterocycles. The van der Waals surface area contributed by atoms with E-state index in [0.29, 0.717) is 34.8 Å². The maximum Gasteiger partial charge on any atom is 0.264 e. The lowest BCUT2D eigenvalue weighted by atomic mass is 10.0. The summed E-state index contributed by atoms with van der Waals surface area (Å²) < 4.78 is 7.07. The zero-order valence-electron chi connectivity index (χ0n) is 19.9. The van der Waals surface area contributed by atoms with Crippen molar-refractivity contribution < 1.29 is 14.3 Å². The summed E-state index contributed by atoms with van der Waals surface area (Å²) in [7, 11) is 1.67. The molecule has 178 valence electrons. The molecular weight excluding hydrogens is 452 g/mol. The fourth-order valence-electron chi connectivity index (χ4n) is 4.78. The first kappa shape index (κ1) is 22.7. The van der Waals surface area contributed by atoms with Gasteiger partial charge in [0.1, 0.15) is 16.4 Å². The minimum absolute atomic E-state index is 0.0203. The number of carbonyl (C=O) groups is 2. The van der Waals surface area contributed by atoms with Crippen LogP contribution in [0.2, 0.25) is 0 Å². The van der Waals surface area contributed by atoms with Gasteiger partial charge in [0.25, 0.3) is 11.5 Å². The third-order valence-electron chi connectivity index (χ3n) is 6.97. The van der Waals surface area contributed by atoms with Crippen molar-refractivity contribution in [3.63, 3.8) is 0 Å². The van der Waals surface area contributed by atoms with Crippen LogP contribution in [0.25, 0.3) is 10.2 Å². The largest absolute Gasteiger partial charge is 0.482 e. The molecule has 0 aliphatic carbocycles. The maximum absolute atomic E-state index is 13.7. The molecule has 4 heterocycles. The lowest BCUT2D eigenvalue weighted by molar-refractivity contribution is -0.120. The highest BCUT2D eigenvalue weighted by Crippen LogP contribution is 2.33. The standard InChI is InChI=1S/C25H28N4O4S/c1-14-16(3)34-24-22(14)25(32)29(20(26-24)12-28-9-5-6-10-28)15(2)23(31)17-7-8-19-18(11-17)27(4)21(30)13-33-19/h7-8,11,15H,5-6,9-10,12-13H2,1-4H3. The number of fused-ring (bicyclic) bond motifs is 2. The molecule has 9 heteroatoms. The van der Waals surface area contributed by atoms with E-state index in [1.807, 2.05) is 13.8 Å². The Morgan fingerprint density at radius 1 is 1.21 bits per heavy atom. The summed E-state index contributed by atoms with van der Waals surface area (Å²) in [5.41, 5.74) is 1.73. The Hall–Kier alpha value is -3.04. The lowest BCUT2D eigenvalue weighted by Crippen LogP contribution is -2.36. The molecule has 0 radical (unpaired) electrons. The van der Waals surface area contributed by atoms with Crippen LogP contribution in [-0.4, -0.2) is 52.9 Å². The van der Waals surface area contributed by atoms with Gasteiger partial charge < -0.3 is 9.64 Å². The van der Waals surface area contributed by atoms with E-state index in [1.54, 1.807) is 36.7 Å². The topological polar surface area (TPSA) is 84.7 Å². The van der Waals surface area contributed by atoms with Crippen LogP contribution in [0.1, 0.15) is 52.4 Å². The Labute approximate surface area is 201 Å². The number of ether oxygens (including phenoxy) is 1. The van der Waals surface area contributed by atoms with Crippen molar-refractivity contribution in [1.29, 1.82) is 0 Å². The van der Waals surface area contributed by atoms with Crippen LogP contribution < -0.4 is 15.2 Å². The second-order valence-electron chi connectivity index (χ2n) is 9.11. The van der Waals surface area contributed by atoms with Crippen LogP contribution >= 0.6 is 11.3 Å². The minimum atomic E-state index is -0.745. The fraction of sp³-hybridized carbons (Fsp3) is 0.440. The number of thiophene rings is 1. The van der Waals surface area contributed by atoms with Gasteiger partial charge in [0, 0.05) is 17.5 Å². The van der Waals surface area contributed by atoms with Gasteiger partial charge in [0.05, 0.1) is 23.7 Å². The quantitative estimate of drug-likeness (QED) is 0.520. The van der Waals surface area contributed by atoms with Gasteiger partial charge in [-0.1, -0.05) is 0 Å². The van der Waals surface area contributed by atoms with E-state index < -0.39 is 6.04 Å². The number of amides is 1. The van der Waals surface area contributed by atoms with E-state index in [4.69, 9.17) is 9.72 Å². The molecule has 2 aliphatic rings. The van der Waals surface area contributed by atoms with E-state index >= 15 is 0 Å². The number of rotatable bonds is 5. The van der Waals surface area contributed by atoms with E-state index in [1.165, 1.54) is 16.2 Å². The highest BCUT2D eigenvalue weighted by Gasteiger charge is 2.28. The summed E-state index contributed by atoms with van der Waals surface area (Å²) >= 11 is 1.53. The van der Waals surface area contributed by atoms with Crippen molar-refractivity contribution in [2.45, 2.75) is 46.2 Å². The van der Waals surface area contributed by atoms with Crippen molar-refractivity contribution in [3.05, 3.63) is 50.4 Å². The normalized spacial score (nSPS) is 17.2. The first-order valence-corrected chi connectivity index (χ1v) is 12.4. The second kappa shape index (κ2) is 8.63. The number of benzene rings is 1. The van der Waals surface area contributed by atoms with Gasteiger partial charge in [-0.3, -0.25) is 23.9 Å². The molecule has 1 atom stereocenters. The van der Waals surface area contributed by atoms with E-state index in [9.17, 15) is 14.4 Å². The van der Waals surface area contributed by atoms with Crippen molar-refractivity contribution in [2.75, 3.05) is 31.6 Å². The molecule has 0 spiro atoms. The Morgan fingerprint density at radius 2 is 1.94 bits per heavy atom. The number of aryl methyl sites for hydroxylation is 2. The first-order chi connectivity index (χ1) is 16.3. The molecule has 2 aliphatic heterocycles. The molecule has 2 aromatic heterocycles. The number of hydrogen-bond donors (Lipinski definition) is 0. The Balaban J connectivity index is 1.59. The van der Waals surface area contributed by atoms with Crippen molar-refractivity contribution in [1.82, 2.24) is 14.5 Å². The number of likely N-dealkylation sites (N-methyl/N-ethyl adjacent to an activating group) is 1. The number of aromatic nitrogens is 2. The number of ketones is 1. The van der Waals surface area contributed by atoms with Crippen molar-refractivity contribution in [3.8, 4) is 5.75 Å². The van der Waals surface area contributed by atoms with E-state index in [0.717, 1.165) is 41.2 Å². The average molecular weight is 481 g/mol. The van der Waals surface area contributed by atoms with Gasteiger partial charge >= 0.3 is 0 Å². The monoisotopic (exact) mass is 480 g/mol. The molecule has 1 fully saturated rings. The SMILES string of the molecule is Cc1sc2nc(CN3CCCC3)n(C(C)C(=O)c3ccc4c(c3)N(C)C(=O)CO4)c(=O)c2c1C. The van der Waals surface area contributed by atoms with Crippen LogP contribution in [0.3, 0.4) is 0 Å². The number of hydrogen-bond acceptors (Lipinski definition) is 7. The van der Waals surface area contributed by atoms with Gasteiger partial charge in [-0.15, -0.1) is 11.3 Å². The number of carbonyl (C=O) groups excluding carboxylic acids is 2. The van der Waals surface area contributed by atoms with Crippen molar-refractivity contribution >= 4 is 38.9 Å². The summed E-state index contributed by atoms with van der Waals surface area (Å²) in [6.07, 6.45) is 2.25. The smallest absolute Gasteiger partial charge is 0.264 e. The maximum atomic E-state index is 13.7. The minimum Gasteiger partial charge on any atom is -0.482 e. The van der Waals surface area contributed by atoms with Crippen LogP contribution in [-0.2, 0) is 11.3 Å². The summed E-state index contributed by atoms with van der Waals surface area (Å²) in [5.74, 6) is 0.803. The van der Waals surface area contributed by atoms with E-state index in [2.05, 4.69) is 4.90 Å². The van der Waals surface area contributed by atoms with Gasteiger partial charge in [-0.2, -0.15) is 0 Å². The second-order valence-corrected chi connectivity index (χ2v) is 10.3. The third kappa shape index (κ3) is 3.73. The molecule has 1 unspecified atom stereocenters. The zero-order valence-corrected chi connectivity index (χ0v) is 20.7. The predicted octanol–water partition coefficient (Wildman–Crippen LogP) is 3.47. The highest BCUT2D eigenvalue weighted by molar-refractivity contribution is 7.18. The molecular formula is C25H28N4O4S. The number of likely N-dealkylation sites (tertiary alicyclic amines) is 1. The molecule has 0 bridgehead atoms. The highest BCUT2D eigenvalue weighted by atomic mass is 32.1. The average Bonchev–Trinajstić information content (AvgIpc) is 3.43. The molecule has 1 amide bonds. The van der Waals surface area contributed by atoms with Gasteiger partial charge in [-0.05, 0) is 70.5 Å². The zero-order chi connectivity index (χ0) is 24.1. The van der Waals surface area contributed by atoms with Crippen LogP contribution in [0.15, 0.2) is 23.0 Å². The van der Waals surface area contributed by atoms with E-state index in [-0.39, 0.29) is 23.9 Å². The van der Waals surface area contributed by atoms with Gasteiger partial charge in [0.15, 0.2) is 12.4 Å². The molecule has 0 saturated carbocycles. The molecule has 0 N–H and O–H groups in total. The summed E-state index contributed by atoms with van der Waals surface area (Å²) in [6, 6.07) is 4.32.